The molecule has 4 N–H and O–H groups in total. The first kappa shape index (κ1) is 17.0. The number of nitrogens with one attached hydrogen (secondary N) is 2. The summed E-state index contributed by atoms with van der Waals surface area (Å²) in [6, 6.07) is 9.70. The molecule has 0 aromatic heterocycles. The van der Waals surface area contributed by atoms with E-state index in [1.165, 1.54) is 36.9 Å². The maximum atomic E-state index is 5.53. The summed E-state index contributed by atoms with van der Waals surface area (Å²) in [6.45, 7) is 5.39. The van der Waals surface area contributed by atoms with Crippen LogP contribution in [-0.4, -0.2) is 25.7 Å². The highest BCUT2D eigenvalue weighted by Gasteiger charge is 2.07. The Morgan fingerprint density at radius 2 is 1.80 bits per heavy atom. The number of hydrogen-bond acceptors (Lipinski definition) is 3. The molecular formula is C17H31N3. The minimum atomic E-state index is 0.546. The van der Waals surface area contributed by atoms with Crippen molar-refractivity contribution in [3.63, 3.8) is 0 Å². The number of rotatable bonds is 5. The molecule has 0 aliphatic heterocycles. The summed E-state index contributed by atoms with van der Waals surface area (Å²) in [5, 5.41) is 6.52. The third kappa shape index (κ3) is 6.92. The topological polar surface area (TPSA) is 50.1 Å². The minimum Gasteiger partial charge on any atom is -0.388 e. The lowest BCUT2D eigenvalue weighted by Crippen LogP contribution is -2.27. The van der Waals surface area contributed by atoms with E-state index in [2.05, 4.69) is 48.7 Å². The SMILES string of the molecule is CCNC(C)Cc1ccc(NC)cc1.NC1CCCC1. The maximum absolute atomic E-state index is 5.53. The van der Waals surface area contributed by atoms with Gasteiger partial charge in [-0.2, -0.15) is 0 Å². The molecule has 20 heavy (non-hydrogen) atoms. The Hall–Kier alpha value is -1.06. The number of nitrogens with two attached hydrogens (primary N) is 1. The molecule has 1 unspecified atom stereocenters. The van der Waals surface area contributed by atoms with E-state index in [0.717, 1.165) is 13.0 Å². The van der Waals surface area contributed by atoms with E-state index < -0.39 is 0 Å². The summed E-state index contributed by atoms with van der Waals surface area (Å²) in [4.78, 5) is 0. The second-order valence-electron chi connectivity index (χ2n) is 5.65. The molecule has 1 atom stereocenters. The van der Waals surface area contributed by atoms with Gasteiger partial charge in [0.15, 0.2) is 0 Å². The second-order valence-corrected chi connectivity index (χ2v) is 5.65. The Morgan fingerprint density at radius 1 is 1.20 bits per heavy atom. The van der Waals surface area contributed by atoms with E-state index in [1.807, 2.05) is 7.05 Å². The van der Waals surface area contributed by atoms with Crippen molar-refractivity contribution in [2.75, 3.05) is 18.9 Å². The first-order chi connectivity index (χ1) is 9.65. The van der Waals surface area contributed by atoms with Gasteiger partial charge in [-0.3, -0.25) is 0 Å². The molecule has 1 fully saturated rings. The average molecular weight is 277 g/mol. The molecular weight excluding hydrogens is 246 g/mol. The summed E-state index contributed by atoms with van der Waals surface area (Å²) < 4.78 is 0. The fourth-order valence-electron chi connectivity index (χ4n) is 2.54. The van der Waals surface area contributed by atoms with E-state index in [1.54, 1.807) is 0 Å². The van der Waals surface area contributed by atoms with Gasteiger partial charge in [-0.15, -0.1) is 0 Å². The van der Waals surface area contributed by atoms with Gasteiger partial charge < -0.3 is 16.4 Å². The molecule has 3 heteroatoms. The van der Waals surface area contributed by atoms with E-state index >= 15 is 0 Å². The number of benzene rings is 1. The molecule has 1 aliphatic rings. The molecule has 0 saturated heterocycles. The summed E-state index contributed by atoms with van der Waals surface area (Å²) in [7, 11) is 1.94. The smallest absolute Gasteiger partial charge is 0.0337 e. The zero-order valence-electron chi connectivity index (χ0n) is 13.3. The summed E-state index contributed by atoms with van der Waals surface area (Å²) in [5.74, 6) is 0. The highest BCUT2D eigenvalue weighted by atomic mass is 14.9. The number of hydrogen-bond donors (Lipinski definition) is 3. The molecule has 114 valence electrons. The van der Waals surface area contributed by atoms with E-state index in [4.69, 9.17) is 5.73 Å². The summed E-state index contributed by atoms with van der Waals surface area (Å²) >= 11 is 0. The quantitative estimate of drug-likeness (QED) is 0.775. The van der Waals surface area contributed by atoms with Crippen molar-refractivity contribution < 1.29 is 0 Å². The van der Waals surface area contributed by atoms with Crippen LogP contribution in [0.15, 0.2) is 24.3 Å². The van der Waals surface area contributed by atoms with Gasteiger partial charge in [-0.1, -0.05) is 31.9 Å². The third-order valence-corrected chi connectivity index (χ3v) is 3.74. The number of likely N-dealkylation sites (N-methyl/N-ethyl adjacent to an activating group) is 1. The summed E-state index contributed by atoms with van der Waals surface area (Å²) in [6.07, 6.45) is 6.35. The van der Waals surface area contributed by atoms with Crippen molar-refractivity contribution in [3.8, 4) is 0 Å². The zero-order chi connectivity index (χ0) is 14.8. The molecule has 1 aliphatic carbocycles. The highest BCUT2D eigenvalue weighted by molar-refractivity contribution is 5.43. The van der Waals surface area contributed by atoms with E-state index in [0.29, 0.717) is 12.1 Å². The highest BCUT2D eigenvalue weighted by Crippen LogP contribution is 2.14. The van der Waals surface area contributed by atoms with Crippen LogP contribution < -0.4 is 16.4 Å². The number of anilines is 1. The van der Waals surface area contributed by atoms with Gasteiger partial charge in [0.1, 0.15) is 0 Å². The Kier molecular flexibility index (Phi) is 8.31. The molecule has 0 heterocycles. The molecule has 0 amide bonds. The van der Waals surface area contributed by atoms with Gasteiger partial charge in [0.2, 0.25) is 0 Å². The van der Waals surface area contributed by atoms with Gasteiger partial charge in [-0.25, -0.2) is 0 Å². The monoisotopic (exact) mass is 277 g/mol. The van der Waals surface area contributed by atoms with E-state index in [9.17, 15) is 0 Å². The van der Waals surface area contributed by atoms with Crippen LogP contribution in [0.4, 0.5) is 5.69 Å². The third-order valence-electron chi connectivity index (χ3n) is 3.74. The predicted octanol–water partition coefficient (Wildman–Crippen LogP) is 3.16. The van der Waals surface area contributed by atoms with Crippen LogP contribution >= 0.6 is 0 Å². The molecule has 3 nitrogen and oxygen atoms in total. The fourth-order valence-corrected chi connectivity index (χ4v) is 2.54. The molecule has 1 aromatic carbocycles. The molecule has 1 aromatic rings. The van der Waals surface area contributed by atoms with Gasteiger partial charge in [-0.05, 0) is 50.4 Å². The normalized spacial score (nSPS) is 16.4. The minimum absolute atomic E-state index is 0.546. The molecule has 2 rings (SSSR count). The maximum Gasteiger partial charge on any atom is 0.0337 e. The Labute approximate surface area is 124 Å². The van der Waals surface area contributed by atoms with Gasteiger partial charge in [0, 0.05) is 24.8 Å². The van der Waals surface area contributed by atoms with Crippen LogP contribution in [0.1, 0.15) is 45.1 Å². The summed E-state index contributed by atoms with van der Waals surface area (Å²) in [5.41, 5.74) is 8.09. The van der Waals surface area contributed by atoms with Crippen molar-refractivity contribution in [1.82, 2.24) is 5.32 Å². The Bertz CT molecular complexity index is 342. The Balaban J connectivity index is 0.000000276. The van der Waals surface area contributed by atoms with Crippen LogP contribution in [0.25, 0.3) is 0 Å². The largest absolute Gasteiger partial charge is 0.388 e. The van der Waals surface area contributed by atoms with Crippen molar-refractivity contribution in [1.29, 1.82) is 0 Å². The van der Waals surface area contributed by atoms with Crippen LogP contribution in [-0.2, 0) is 6.42 Å². The van der Waals surface area contributed by atoms with Crippen LogP contribution in [0.3, 0.4) is 0 Å². The standard InChI is InChI=1S/C12H20N2.C5H11N/c1-4-14-10(2)9-11-5-7-12(13-3)8-6-11;6-5-3-1-2-4-5/h5-8,10,13-14H,4,9H2,1-3H3;5H,1-4,6H2. The molecule has 0 radical (unpaired) electrons. The van der Waals surface area contributed by atoms with Gasteiger partial charge >= 0.3 is 0 Å². The lowest BCUT2D eigenvalue weighted by atomic mass is 10.1. The van der Waals surface area contributed by atoms with Crippen LogP contribution in [0.5, 0.6) is 0 Å². The van der Waals surface area contributed by atoms with Crippen LogP contribution in [0, 0.1) is 0 Å². The second kappa shape index (κ2) is 9.78. The average Bonchev–Trinajstić information content (AvgIpc) is 2.92. The van der Waals surface area contributed by atoms with E-state index in [-0.39, 0.29) is 0 Å². The van der Waals surface area contributed by atoms with Crippen LogP contribution in [0.2, 0.25) is 0 Å². The fraction of sp³-hybridized carbons (Fsp3) is 0.647. The first-order valence-corrected chi connectivity index (χ1v) is 7.91. The molecule has 0 spiro atoms. The first-order valence-electron chi connectivity index (χ1n) is 7.91. The zero-order valence-corrected chi connectivity index (χ0v) is 13.3. The molecule has 0 bridgehead atoms. The van der Waals surface area contributed by atoms with Crippen molar-refractivity contribution in [2.24, 2.45) is 5.73 Å². The molecule has 1 saturated carbocycles. The Morgan fingerprint density at radius 3 is 2.20 bits per heavy atom. The van der Waals surface area contributed by atoms with Crippen molar-refractivity contribution >= 4 is 5.69 Å². The lowest BCUT2D eigenvalue weighted by molar-refractivity contribution is 0.565. The van der Waals surface area contributed by atoms with Crippen molar-refractivity contribution in [2.45, 2.75) is 58.0 Å². The van der Waals surface area contributed by atoms with Crippen molar-refractivity contribution in [3.05, 3.63) is 29.8 Å². The predicted molar refractivity (Wildman–Crippen MR) is 89.3 cm³/mol. The lowest BCUT2D eigenvalue weighted by Gasteiger charge is -2.12. The van der Waals surface area contributed by atoms with Gasteiger partial charge in [0.05, 0.1) is 0 Å². The van der Waals surface area contributed by atoms with Gasteiger partial charge in [0.25, 0.3) is 0 Å².